The van der Waals surface area contributed by atoms with Gasteiger partial charge in [0.05, 0.1) is 0 Å². The average molecular weight is 298 g/mol. The van der Waals surface area contributed by atoms with Gasteiger partial charge < -0.3 is 0 Å². The molecule has 0 fully saturated rings. The summed E-state index contributed by atoms with van der Waals surface area (Å²) in [5.74, 6) is -0.273. The Labute approximate surface area is 127 Å². The Bertz CT molecular complexity index is 729. The zero-order valence-electron chi connectivity index (χ0n) is 11.9. The number of aldehydes is 1. The molecule has 0 bridgehead atoms. The molecular formula is C18H15FOS. The number of carbonyl (C=O) groups is 1. The van der Waals surface area contributed by atoms with Gasteiger partial charge in [-0.2, -0.15) is 0 Å². The van der Waals surface area contributed by atoms with Gasteiger partial charge in [-0.05, 0) is 48.7 Å². The van der Waals surface area contributed by atoms with Gasteiger partial charge in [0.2, 0.25) is 0 Å². The topological polar surface area (TPSA) is 17.1 Å². The first-order valence-electron chi connectivity index (χ1n) is 6.77. The zero-order chi connectivity index (χ0) is 15.0. The molecule has 0 unspecified atom stereocenters. The van der Waals surface area contributed by atoms with Gasteiger partial charge >= 0.3 is 0 Å². The molecule has 106 valence electrons. The maximum atomic E-state index is 13.2. The van der Waals surface area contributed by atoms with E-state index in [1.54, 1.807) is 23.9 Å². The van der Waals surface area contributed by atoms with Crippen LogP contribution in [0.5, 0.6) is 0 Å². The van der Waals surface area contributed by atoms with Crippen molar-refractivity contribution in [3.8, 4) is 0 Å². The fourth-order valence-corrected chi connectivity index (χ4v) is 3.90. The van der Waals surface area contributed by atoms with E-state index in [1.807, 2.05) is 32.0 Å². The molecule has 1 aliphatic rings. The van der Waals surface area contributed by atoms with E-state index < -0.39 is 0 Å². The molecule has 0 aromatic heterocycles. The van der Waals surface area contributed by atoms with Crippen LogP contribution in [0.15, 0.2) is 59.0 Å². The molecule has 2 aromatic rings. The maximum absolute atomic E-state index is 13.2. The summed E-state index contributed by atoms with van der Waals surface area (Å²) < 4.78 is 12.9. The number of thioether (sulfide) groups is 1. The third-order valence-electron chi connectivity index (χ3n) is 3.69. The summed E-state index contributed by atoms with van der Waals surface area (Å²) in [6.45, 7) is 4.09. The van der Waals surface area contributed by atoms with Crippen molar-refractivity contribution in [2.24, 2.45) is 0 Å². The van der Waals surface area contributed by atoms with Crippen molar-refractivity contribution in [2.45, 2.75) is 23.5 Å². The Kier molecular flexibility index (Phi) is 3.46. The number of benzene rings is 2. The van der Waals surface area contributed by atoms with Crippen LogP contribution in [0, 0.1) is 5.82 Å². The number of hydrogen-bond donors (Lipinski definition) is 0. The maximum Gasteiger partial charge on any atom is 0.148 e. The molecule has 0 aliphatic carbocycles. The van der Waals surface area contributed by atoms with Crippen LogP contribution >= 0.6 is 11.8 Å². The molecule has 0 radical (unpaired) electrons. The Morgan fingerprint density at radius 2 is 1.71 bits per heavy atom. The van der Waals surface area contributed by atoms with E-state index in [0.29, 0.717) is 0 Å². The summed E-state index contributed by atoms with van der Waals surface area (Å²) in [5, 5.41) is 0. The van der Waals surface area contributed by atoms with Gasteiger partial charge in [0.15, 0.2) is 0 Å². The van der Waals surface area contributed by atoms with E-state index in [2.05, 4.69) is 6.07 Å². The fraction of sp³-hybridized carbons (Fsp3) is 0.167. The van der Waals surface area contributed by atoms with Crippen LogP contribution in [-0.2, 0) is 4.79 Å². The van der Waals surface area contributed by atoms with Crippen LogP contribution < -0.4 is 0 Å². The van der Waals surface area contributed by atoms with Crippen molar-refractivity contribution in [3.63, 3.8) is 0 Å². The highest BCUT2D eigenvalue weighted by Gasteiger charge is 2.34. The molecule has 1 heterocycles. The number of rotatable bonds is 2. The van der Waals surface area contributed by atoms with Crippen molar-refractivity contribution < 1.29 is 9.18 Å². The number of fused-ring (bicyclic) bond motifs is 1. The summed E-state index contributed by atoms with van der Waals surface area (Å²) in [7, 11) is 0. The highest BCUT2D eigenvalue weighted by atomic mass is 32.2. The second kappa shape index (κ2) is 5.15. The van der Waals surface area contributed by atoms with Crippen LogP contribution in [0.1, 0.15) is 25.0 Å². The van der Waals surface area contributed by atoms with Crippen LogP contribution in [-0.4, -0.2) is 11.0 Å². The Morgan fingerprint density at radius 3 is 2.38 bits per heavy atom. The minimum atomic E-state index is -0.306. The molecule has 1 nitrogen and oxygen atoms in total. The van der Waals surface area contributed by atoms with Gasteiger partial charge in [0.25, 0.3) is 0 Å². The summed E-state index contributed by atoms with van der Waals surface area (Å²) in [4.78, 5) is 12.8. The van der Waals surface area contributed by atoms with Gasteiger partial charge in [-0.25, -0.2) is 4.39 Å². The average Bonchev–Trinajstić information content (AvgIpc) is 2.46. The first-order chi connectivity index (χ1) is 10.0. The monoisotopic (exact) mass is 298 g/mol. The van der Waals surface area contributed by atoms with E-state index in [0.717, 1.165) is 33.5 Å². The minimum absolute atomic E-state index is 0.273. The Hall–Kier alpha value is -1.87. The van der Waals surface area contributed by atoms with Gasteiger partial charge in [-0.3, -0.25) is 4.79 Å². The highest BCUT2D eigenvalue weighted by molar-refractivity contribution is 8.01. The van der Waals surface area contributed by atoms with Crippen molar-refractivity contribution in [1.82, 2.24) is 0 Å². The molecule has 0 spiro atoms. The van der Waals surface area contributed by atoms with E-state index >= 15 is 0 Å². The normalized spacial score (nSPS) is 16.5. The molecule has 0 atom stereocenters. The summed E-state index contributed by atoms with van der Waals surface area (Å²) >= 11 is 1.69. The largest absolute Gasteiger partial charge is 0.298 e. The Balaban J connectivity index is 2.31. The predicted octanol–water partition coefficient (Wildman–Crippen LogP) is 4.71. The minimum Gasteiger partial charge on any atom is -0.298 e. The molecule has 0 saturated heterocycles. The van der Waals surface area contributed by atoms with E-state index in [-0.39, 0.29) is 10.6 Å². The molecule has 0 amide bonds. The Morgan fingerprint density at radius 1 is 1.05 bits per heavy atom. The fourth-order valence-electron chi connectivity index (χ4n) is 2.67. The van der Waals surface area contributed by atoms with Crippen LogP contribution in [0.25, 0.3) is 5.57 Å². The molecule has 0 N–H and O–H groups in total. The van der Waals surface area contributed by atoms with Gasteiger partial charge in [0.1, 0.15) is 12.1 Å². The van der Waals surface area contributed by atoms with Crippen LogP contribution in [0.4, 0.5) is 4.39 Å². The first-order valence-corrected chi connectivity index (χ1v) is 7.59. The van der Waals surface area contributed by atoms with E-state index in [1.165, 1.54) is 12.1 Å². The summed E-state index contributed by atoms with van der Waals surface area (Å²) in [6, 6.07) is 14.4. The third-order valence-corrected chi connectivity index (χ3v) is 5.00. The van der Waals surface area contributed by atoms with Gasteiger partial charge in [-0.1, -0.05) is 30.3 Å². The van der Waals surface area contributed by atoms with Gasteiger partial charge in [0, 0.05) is 15.2 Å². The first kappa shape index (κ1) is 14.1. The van der Waals surface area contributed by atoms with E-state index in [9.17, 15) is 9.18 Å². The molecule has 0 saturated carbocycles. The molecule has 3 rings (SSSR count). The summed E-state index contributed by atoms with van der Waals surface area (Å²) in [6.07, 6.45) is 0.932. The van der Waals surface area contributed by atoms with Crippen molar-refractivity contribution in [1.29, 1.82) is 0 Å². The van der Waals surface area contributed by atoms with Gasteiger partial charge in [-0.15, -0.1) is 11.8 Å². The predicted molar refractivity (Wildman–Crippen MR) is 84.9 cm³/mol. The van der Waals surface area contributed by atoms with Crippen LogP contribution in [0.3, 0.4) is 0 Å². The standard InChI is InChI=1S/C18H15FOS/c1-18(2)15(11-20)17(12-7-9-13(19)10-8-12)14-5-3-4-6-16(14)21-18/h3-11H,1-2H3. The lowest BCUT2D eigenvalue weighted by molar-refractivity contribution is -0.105. The molecule has 2 aromatic carbocycles. The molecule has 21 heavy (non-hydrogen) atoms. The summed E-state index contributed by atoms with van der Waals surface area (Å²) in [5.41, 5.74) is 3.57. The van der Waals surface area contributed by atoms with E-state index in [4.69, 9.17) is 0 Å². The quantitative estimate of drug-likeness (QED) is 0.747. The molecular weight excluding hydrogens is 283 g/mol. The zero-order valence-corrected chi connectivity index (χ0v) is 12.7. The SMILES string of the molecule is CC1(C)Sc2ccccc2C(c2ccc(F)cc2)=C1C=O. The number of hydrogen-bond acceptors (Lipinski definition) is 2. The number of halogens is 1. The lowest BCUT2D eigenvalue weighted by Crippen LogP contribution is -2.24. The lowest BCUT2D eigenvalue weighted by Gasteiger charge is -2.33. The second-order valence-electron chi connectivity index (χ2n) is 5.52. The third kappa shape index (κ3) is 2.42. The van der Waals surface area contributed by atoms with Crippen LogP contribution in [0.2, 0.25) is 0 Å². The molecule has 1 aliphatic heterocycles. The van der Waals surface area contributed by atoms with Crippen molar-refractivity contribution in [3.05, 3.63) is 71.0 Å². The second-order valence-corrected chi connectivity index (χ2v) is 7.19. The lowest BCUT2D eigenvalue weighted by atomic mass is 9.87. The molecule has 3 heteroatoms. The van der Waals surface area contributed by atoms with Crippen molar-refractivity contribution in [2.75, 3.05) is 0 Å². The van der Waals surface area contributed by atoms with Crippen molar-refractivity contribution >= 4 is 23.6 Å². The smallest absolute Gasteiger partial charge is 0.148 e. The number of carbonyl (C=O) groups excluding carboxylic acids is 1. The highest BCUT2D eigenvalue weighted by Crippen LogP contribution is 2.49.